The van der Waals surface area contributed by atoms with Gasteiger partial charge in [0.2, 0.25) is 10.0 Å². The number of rotatable bonds is 5. The first-order valence-corrected chi connectivity index (χ1v) is 11.9. The Kier molecular flexibility index (Phi) is 7.24. The minimum absolute atomic E-state index is 0.0416. The number of morpholine rings is 1. The number of nitrogens with zero attached hydrogens (tertiary/aromatic N) is 2. The van der Waals surface area contributed by atoms with Crippen LogP contribution in [0.3, 0.4) is 0 Å². The van der Waals surface area contributed by atoms with E-state index in [1.54, 1.807) is 52.2 Å². The molecule has 0 aromatic heterocycles. The van der Waals surface area contributed by atoms with E-state index in [0.29, 0.717) is 11.3 Å². The summed E-state index contributed by atoms with van der Waals surface area (Å²) < 4.78 is 33.4. The Labute approximate surface area is 193 Å². The molecule has 1 aliphatic heterocycles. The van der Waals surface area contributed by atoms with Crippen LogP contribution in [0.2, 0.25) is 5.02 Å². The van der Waals surface area contributed by atoms with Gasteiger partial charge in [-0.1, -0.05) is 11.6 Å². The number of nitrogens with one attached hydrogen (secondary N) is 1. The van der Waals surface area contributed by atoms with E-state index < -0.39 is 15.9 Å². The molecular weight excluding hydrogens is 454 g/mol. The van der Waals surface area contributed by atoms with E-state index >= 15 is 0 Å². The van der Waals surface area contributed by atoms with E-state index in [1.807, 2.05) is 0 Å². The van der Waals surface area contributed by atoms with Crippen molar-refractivity contribution in [3.05, 3.63) is 58.6 Å². The predicted molar refractivity (Wildman–Crippen MR) is 123 cm³/mol. The maximum Gasteiger partial charge on any atom is 0.255 e. The van der Waals surface area contributed by atoms with Crippen molar-refractivity contribution >= 4 is 39.1 Å². The predicted octanol–water partition coefficient (Wildman–Crippen LogP) is 3.09. The van der Waals surface area contributed by atoms with Gasteiger partial charge in [0.1, 0.15) is 4.90 Å². The van der Waals surface area contributed by atoms with Crippen molar-refractivity contribution in [3.8, 4) is 0 Å². The molecule has 0 aliphatic carbocycles. The van der Waals surface area contributed by atoms with E-state index in [1.165, 1.54) is 27.4 Å². The molecule has 2 aromatic rings. The van der Waals surface area contributed by atoms with Crippen LogP contribution in [0, 0.1) is 0 Å². The monoisotopic (exact) mass is 479 g/mol. The Morgan fingerprint density at radius 3 is 2.16 bits per heavy atom. The Morgan fingerprint density at radius 1 is 1.03 bits per heavy atom. The summed E-state index contributed by atoms with van der Waals surface area (Å²) in [7, 11) is -0.601. The first-order chi connectivity index (χ1) is 15.0. The molecule has 2 amide bonds. The molecular formula is C22H26ClN3O5S. The second kappa shape index (κ2) is 9.58. The molecule has 0 radical (unpaired) electrons. The summed E-state index contributed by atoms with van der Waals surface area (Å²) in [4.78, 5) is 26.1. The molecule has 0 saturated carbocycles. The summed E-state index contributed by atoms with van der Waals surface area (Å²) in [6, 6.07) is 10.6. The average Bonchev–Trinajstić information content (AvgIpc) is 2.73. The maximum atomic E-state index is 13.2. The number of hydrogen-bond donors (Lipinski definition) is 1. The summed E-state index contributed by atoms with van der Waals surface area (Å²) in [5.74, 6) is -0.643. The van der Waals surface area contributed by atoms with Gasteiger partial charge in [-0.2, -0.15) is 4.31 Å². The largest absolute Gasteiger partial charge is 0.373 e. The lowest BCUT2D eigenvalue weighted by Crippen LogP contribution is -2.48. The Balaban J connectivity index is 1.82. The van der Waals surface area contributed by atoms with Crippen LogP contribution in [0.4, 0.5) is 5.69 Å². The first kappa shape index (κ1) is 24.2. The highest BCUT2D eigenvalue weighted by Gasteiger charge is 2.33. The van der Waals surface area contributed by atoms with Crippen LogP contribution >= 0.6 is 11.6 Å². The Hall–Kier alpha value is -2.46. The van der Waals surface area contributed by atoms with Gasteiger partial charge in [0.25, 0.3) is 11.8 Å². The van der Waals surface area contributed by atoms with E-state index in [2.05, 4.69) is 5.32 Å². The number of hydrogen-bond acceptors (Lipinski definition) is 5. The van der Waals surface area contributed by atoms with Crippen LogP contribution in [0.5, 0.6) is 0 Å². The zero-order valence-corrected chi connectivity index (χ0v) is 19.9. The van der Waals surface area contributed by atoms with Crippen LogP contribution in [0.1, 0.15) is 34.6 Å². The second-order valence-corrected chi connectivity index (χ2v) is 10.3. The number of ether oxygens (including phenoxy) is 1. The molecule has 2 atom stereocenters. The van der Waals surface area contributed by atoms with Gasteiger partial charge in [0.15, 0.2) is 0 Å². The van der Waals surface area contributed by atoms with Crippen LogP contribution in [0.15, 0.2) is 47.4 Å². The Morgan fingerprint density at radius 2 is 1.59 bits per heavy atom. The Bertz CT molecular complexity index is 1110. The van der Waals surface area contributed by atoms with E-state index in [-0.39, 0.29) is 46.7 Å². The quantitative estimate of drug-likeness (QED) is 0.710. The van der Waals surface area contributed by atoms with Crippen molar-refractivity contribution < 1.29 is 22.7 Å². The summed E-state index contributed by atoms with van der Waals surface area (Å²) in [6.45, 7) is 4.02. The summed E-state index contributed by atoms with van der Waals surface area (Å²) in [5.41, 5.74) is 1.11. The molecule has 1 fully saturated rings. The fourth-order valence-electron chi connectivity index (χ4n) is 3.47. The third-order valence-corrected chi connectivity index (χ3v) is 7.31. The third kappa shape index (κ3) is 5.29. The lowest BCUT2D eigenvalue weighted by Gasteiger charge is -2.34. The lowest BCUT2D eigenvalue weighted by atomic mass is 10.1. The lowest BCUT2D eigenvalue weighted by molar-refractivity contribution is -0.0440. The number of halogens is 1. The number of amides is 2. The third-order valence-electron chi connectivity index (χ3n) is 4.99. The van der Waals surface area contributed by atoms with Gasteiger partial charge in [0.05, 0.1) is 17.2 Å². The second-order valence-electron chi connectivity index (χ2n) is 7.96. The number of carbonyl (C=O) groups is 2. The van der Waals surface area contributed by atoms with Gasteiger partial charge in [0, 0.05) is 44.0 Å². The van der Waals surface area contributed by atoms with Crippen molar-refractivity contribution in [2.24, 2.45) is 0 Å². The SMILES string of the molecule is CC1CN(S(=O)(=O)c2cc(C(=O)Nc3ccc(C(=O)N(C)C)cc3)ccc2Cl)CC(C)O1. The summed E-state index contributed by atoms with van der Waals surface area (Å²) >= 11 is 6.21. The van der Waals surface area contributed by atoms with Gasteiger partial charge in [-0.15, -0.1) is 0 Å². The molecule has 172 valence electrons. The van der Waals surface area contributed by atoms with E-state index in [9.17, 15) is 18.0 Å². The summed E-state index contributed by atoms with van der Waals surface area (Å²) in [6.07, 6.45) is -0.498. The number of benzene rings is 2. The molecule has 1 heterocycles. The average molecular weight is 480 g/mol. The van der Waals surface area contributed by atoms with Crippen molar-refractivity contribution in [2.75, 3.05) is 32.5 Å². The molecule has 0 spiro atoms. The molecule has 32 heavy (non-hydrogen) atoms. The molecule has 0 bridgehead atoms. The topological polar surface area (TPSA) is 96.0 Å². The molecule has 8 nitrogen and oxygen atoms in total. The molecule has 1 aliphatic rings. The van der Waals surface area contributed by atoms with Gasteiger partial charge >= 0.3 is 0 Å². The highest BCUT2D eigenvalue weighted by molar-refractivity contribution is 7.89. The fraction of sp³-hybridized carbons (Fsp3) is 0.364. The van der Waals surface area contributed by atoms with Crippen LogP contribution in [-0.2, 0) is 14.8 Å². The van der Waals surface area contributed by atoms with E-state index in [4.69, 9.17) is 16.3 Å². The molecule has 2 aromatic carbocycles. The van der Waals surface area contributed by atoms with Crippen molar-refractivity contribution in [1.82, 2.24) is 9.21 Å². The molecule has 1 saturated heterocycles. The van der Waals surface area contributed by atoms with Gasteiger partial charge < -0.3 is 15.0 Å². The van der Waals surface area contributed by atoms with Crippen molar-refractivity contribution in [2.45, 2.75) is 31.0 Å². The highest BCUT2D eigenvalue weighted by Crippen LogP contribution is 2.28. The fourth-order valence-corrected chi connectivity index (χ4v) is 5.56. The summed E-state index contributed by atoms with van der Waals surface area (Å²) in [5, 5.41) is 2.75. The minimum atomic E-state index is -3.91. The normalized spacial score (nSPS) is 19.4. The maximum absolute atomic E-state index is 13.2. The zero-order chi connectivity index (χ0) is 23.6. The van der Waals surface area contributed by atoms with E-state index in [0.717, 1.165) is 0 Å². The van der Waals surface area contributed by atoms with Crippen LogP contribution < -0.4 is 5.32 Å². The van der Waals surface area contributed by atoms with Crippen LogP contribution in [0.25, 0.3) is 0 Å². The minimum Gasteiger partial charge on any atom is -0.373 e. The standard InChI is InChI=1S/C22H26ClN3O5S/c1-14-12-26(13-15(2)31-14)32(29,30)20-11-17(7-10-19(20)23)21(27)24-18-8-5-16(6-9-18)22(28)25(3)4/h5-11,14-15H,12-13H2,1-4H3,(H,24,27). The molecule has 1 N–H and O–H groups in total. The molecule has 2 unspecified atom stereocenters. The van der Waals surface area contributed by atoms with Crippen molar-refractivity contribution in [3.63, 3.8) is 0 Å². The highest BCUT2D eigenvalue weighted by atomic mass is 35.5. The number of sulfonamides is 1. The van der Waals surface area contributed by atoms with Gasteiger partial charge in [-0.05, 0) is 56.3 Å². The molecule has 10 heteroatoms. The molecule has 3 rings (SSSR count). The smallest absolute Gasteiger partial charge is 0.255 e. The van der Waals surface area contributed by atoms with Crippen molar-refractivity contribution in [1.29, 1.82) is 0 Å². The number of carbonyl (C=O) groups excluding carboxylic acids is 2. The van der Waals surface area contributed by atoms with Gasteiger partial charge in [-0.25, -0.2) is 8.42 Å². The number of anilines is 1. The zero-order valence-electron chi connectivity index (χ0n) is 18.3. The van der Waals surface area contributed by atoms with Gasteiger partial charge in [-0.3, -0.25) is 9.59 Å². The van der Waals surface area contributed by atoms with Crippen LogP contribution in [-0.4, -0.2) is 68.8 Å². The first-order valence-electron chi connectivity index (χ1n) is 10.1.